The highest BCUT2D eigenvalue weighted by molar-refractivity contribution is 8.11. The molecule has 0 atom stereocenters. The van der Waals surface area contributed by atoms with Gasteiger partial charge in [0.05, 0.1) is 23.0 Å². The minimum Gasteiger partial charge on any atom is -0.378 e. The molecule has 0 bridgehead atoms. The maximum absolute atomic E-state index is 12.2. The molecule has 0 aliphatic carbocycles. The Morgan fingerprint density at radius 1 is 1.05 bits per heavy atom. The van der Waals surface area contributed by atoms with E-state index in [0.29, 0.717) is 36.1 Å². The lowest BCUT2D eigenvalue weighted by molar-refractivity contribution is -0.146. The molecule has 3 aliphatic heterocycles. The predicted molar refractivity (Wildman–Crippen MR) is 76.1 cm³/mol. The number of amides is 3. The fourth-order valence-corrected chi connectivity index (χ4v) is 4.60. The van der Waals surface area contributed by atoms with Crippen molar-refractivity contribution < 1.29 is 19.1 Å². The van der Waals surface area contributed by atoms with Crippen molar-refractivity contribution in [3.05, 3.63) is 9.81 Å². The molecular formula is C12H14N2O4S2. The molecule has 0 unspecified atom stereocenters. The molecule has 0 aromatic heterocycles. The third-order valence-corrected chi connectivity index (χ3v) is 5.86. The van der Waals surface area contributed by atoms with E-state index in [-0.39, 0.29) is 24.3 Å². The second-order valence-corrected chi connectivity index (χ2v) is 6.76. The first-order valence-electron chi connectivity index (χ1n) is 6.40. The standard InChI is InChI=1S/C12H14N2O4S2/c15-8(13-1-3-18-4-2-13)7-14-11(16)9-10(12(14)17)20-6-5-19-9/h1-7H2. The highest BCUT2D eigenvalue weighted by atomic mass is 32.2. The number of nitrogens with zero attached hydrogens (tertiary/aromatic N) is 2. The molecule has 0 N–H and O–H groups in total. The fourth-order valence-electron chi connectivity index (χ4n) is 2.27. The zero-order valence-electron chi connectivity index (χ0n) is 10.8. The Morgan fingerprint density at radius 3 is 2.15 bits per heavy atom. The second kappa shape index (κ2) is 5.79. The molecule has 8 heteroatoms. The van der Waals surface area contributed by atoms with Crippen LogP contribution in [0.4, 0.5) is 0 Å². The first-order valence-corrected chi connectivity index (χ1v) is 8.37. The minimum absolute atomic E-state index is 0.161. The molecule has 3 heterocycles. The van der Waals surface area contributed by atoms with Gasteiger partial charge in [0, 0.05) is 24.6 Å². The summed E-state index contributed by atoms with van der Waals surface area (Å²) in [4.78, 5) is 40.3. The van der Waals surface area contributed by atoms with Crippen LogP contribution in [0.15, 0.2) is 9.81 Å². The van der Waals surface area contributed by atoms with Crippen LogP contribution in [0.25, 0.3) is 0 Å². The lowest BCUT2D eigenvalue weighted by Gasteiger charge is -2.28. The maximum Gasteiger partial charge on any atom is 0.269 e. The normalized spacial score (nSPS) is 23.4. The van der Waals surface area contributed by atoms with Crippen molar-refractivity contribution in [1.29, 1.82) is 0 Å². The SMILES string of the molecule is O=C(CN1C(=O)C2=C(SCCS2)C1=O)N1CCOCC1. The summed E-state index contributed by atoms with van der Waals surface area (Å²) in [5.74, 6) is 0.833. The maximum atomic E-state index is 12.2. The van der Waals surface area contributed by atoms with E-state index in [9.17, 15) is 14.4 Å². The van der Waals surface area contributed by atoms with Gasteiger partial charge in [0.25, 0.3) is 11.8 Å². The molecule has 1 saturated heterocycles. The van der Waals surface area contributed by atoms with Crippen LogP contribution >= 0.6 is 23.5 Å². The van der Waals surface area contributed by atoms with Gasteiger partial charge in [0.15, 0.2) is 0 Å². The van der Waals surface area contributed by atoms with E-state index < -0.39 is 0 Å². The minimum atomic E-state index is -0.316. The Morgan fingerprint density at radius 2 is 1.60 bits per heavy atom. The van der Waals surface area contributed by atoms with Crippen LogP contribution in [-0.2, 0) is 19.1 Å². The number of carbonyl (C=O) groups excluding carboxylic acids is 3. The highest BCUT2D eigenvalue weighted by Crippen LogP contribution is 2.40. The molecule has 0 spiro atoms. The van der Waals surface area contributed by atoms with Gasteiger partial charge in [0.2, 0.25) is 5.91 Å². The molecule has 0 aromatic rings. The van der Waals surface area contributed by atoms with E-state index in [1.807, 2.05) is 0 Å². The van der Waals surface area contributed by atoms with E-state index in [1.54, 1.807) is 4.90 Å². The number of morpholine rings is 1. The third kappa shape index (κ3) is 2.47. The number of imide groups is 1. The molecule has 0 radical (unpaired) electrons. The van der Waals surface area contributed by atoms with Gasteiger partial charge in [-0.3, -0.25) is 19.3 Å². The van der Waals surface area contributed by atoms with E-state index in [2.05, 4.69) is 0 Å². The number of hydrogen-bond donors (Lipinski definition) is 0. The summed E-state index contributed by atoms with van der Waals surface area (Å²) in [5, 5.41) is 0. The lowest BCUT2D eigenvalue weighted by atomic mass is 10.3. The Hall–Kier alpha value is -0.990. The van der Waals surface area contributed by atoms with E-state index >= 15 is 0 Å². The van der Waals surface area contributed by atoms with Gasteiger partial charge in [-0.1, -0.05) is 0 Å². The van der Waals surface area contributed by atoms with Crippen LogP contribution < -0.4 is 0 Å². The van der Waals surface area contributed by atoms with E-state index in [0.717, 1.165) is 16.4 Å². The van der Waals surface area contributed by atoms with Gasteiger partial charge in [-0.25, -0.2) is 0 Å². The smallest absolute Gasteiger partial charge is 0.269 e. The van der Waals surface area contributed by atoms with Crippen molar-refractivity contribution in [2.75, 3.05) is 44.4 Å². The molecule has 108 valence electrons. The number of hydrogen-bond acceptors (Lipinski definition) is 6. The molecule has 20 heavy (non-hydrogen) atoms. The number of thioether (sulfide) groups is 2. The topological polar surface area (TPSA) is 66.9 Å². The number of ether oxygens (including phenoxy) is 1. The first kappa shape index (κ1) is 14.0. The molecule has 0 saturated carbocycles. The van der Waals surface area contributed by atoms with Gasteiger partial charge in [-0.15, -0.1) is 23.5 Å². The van der Waals surface area contributed by atoms with Crippen molar-refractivity contribution in [2.24, 2.45) is 0 Å². The predicted octanol–water partition coefficient (Wildman–Crippen LogP) is -0.0944. The molecule has 3 amide bonds. The largest absolute Gasteiger partial charge is 0.378 e. The summed E-state index contributed by atoms with van der Waals surface area (Å²) in [6, 6.07) is 0. The molecule has 0 aromatic carbocycles. The average molecular weight is 314 g/mol. The first-order chi connectivity index (χ1) is 9.68. The molecule has 3 rings (SSSR count). The molecule has 1 fully saturated rings. The van der Waals surface area contributed by atoms with Crippen LogP contribution in [0.5, 0.6) is 0 Å². The Kier molecular flexibility index (Phi) is 4.04. The van der Waals surface area contributed by atoms with Crippen molar-refractivity contribution >= 4 is 41.2 Å². The summed E-state index contributed by atoms with van der Waals surface area (Å²) < 4.78 is 5.18. The summed E-state index contributed by atoms with van der Waals surface area (Å²) in [5.41, 5.74) is 0. The number of rotatable bonds is 2. The average Bonchev–Trinajstić information content (AvgIpc) is 2.74. The van der Waals surface area contributed by atoms with E-state index in [1.165, 1.54) is 23.5 Å². The van der Waals surface area contributed by atoms with E-state index in [4.69, 9.17) is 4.74 Å². The second-order valence-electron chi connectivity index (χ2n) is 4.54. The zero-order valence-corrected chi connectivity index (χ0v) is 12.4. The fraction of sp³-hybridized carbons (Fsp3) is 0.583. The number of carbonyl (C=O) groups is 3. The van der Waals surface area contributed by atoms with Gasteiger partial charge in [-0.05, 0) is 0 Å². The van der Waals surface area contributed by atoms with Crippen LogP contribution in [0.1, 0.15) is 0 Å². The zero-order chi connectivity index (χ0) is 14.1. The lowest BCUT2D eigenvalue weighted by Crippen LogP contribution is -2.47. The summed E-state index contributed by atoms with van der Waals surface area (Å²) >= 11 is 2.83. The quantitative estimate of drug-likeness (QED) is 0.664. The third-order valence-electron chi connectivity index (χ3n) is 3.32. The van der Waals surface area contributed by atoms with Crippen molar-refractivity contribution in [3.8, 4) is 0 Å². The molecule has 6 nitrogen and oxygen atoms in total. The van der Waals surface area contributed by atoms with Crippen LogP contribution in [0.2, 0.25) is 0 Å². The van der Waals surface area contributed by atoms with Crippen LogP contribution in [-0.4, -0.2) is 71.9 Å². The van der Waals surface area contributed by atoms with Crippen molar-refractivity contribution in [3.63, 3.8) is 0 Å². The van der Waals surface area contributed by atoms with Gasteiger partial charge in [0.1, 0.15) is 6.54 Å². The van der Waals surface area contributed by atoms with Gasteiger partial charge in [-0.2, -0.15) is 0 Å². The Labute approximate surface area is 124 Å². The summed E-state index contributed by atoms with van der Waals surface area (Å²) in [7, 11) is 0. The van der Waals surface area contributed by atoms with Crippen molar-refractivity contribution in [2.45, 2.75) is 0 Å². The monoisotopic (exact) mass is 314 g/mol. The molecular weight excluding hydrogens is 300 g/mol. The van der Waals surface area contributed by atoms with Gasteiger partial charge < -0.3 is 9.64 Å². The summed E-state index contributed by atoms with van der Waals surface area (Å²) in [6.45, 7) is 1.89. The van der Waals surface area contributed by atoms with Crippen LogP contribution in [0, 0.1) is 0 Å². The Balaban J connectivity index is 1.68. The summed E-state index contributed by atoms with van der Waals surface area (Å²) in [6.07, 6.45) is 0. The highest BCUT2D eigenvalue weighted by Gasteiger charge is 2.41. The molecule has 3 aliphatic rings. The van der Waals surface area contributed by atoms with Crippen molar-refractivity contribution in [1.82, 2.24) is 9.80 Å². The van der Waals surface area contributed by atoms with Gasteiger partial charge >= 0.3 is 0 Å². The Bertz CT molecular complexity index is 472. The van der Waals surface area contributed by atoms with Crippen LogP contribution in [0.3, 0.4) is 0 Å².